The molecule has 1 saturated heterocycles. The molecular weight excluding hydrogens is 268 g/mol. The molecule has 2 rings (SSSR count). The quantitative estimate of drug-likeness (QED) is 0.903. The van der Waals surface area contributed by atoms with Crippen molar-refractivity contribution in [2.24, 2.45) is 5.73 Å². The average molecular weight is 287 g/mol. The Balaban J connectivity index is 0.00000180. The zero-order valence-corrected chi connectivity index (χ0v) is 11.9. The number of benzene rings is 1. The van der Waals surface area contributed by atoms with E-state index in [2.05, 4.69) is 0 Å². The summed E-state index contributed by atoms with van der Waals surface area (Å²) in [5.41, 5.74) is 6.67. The van der Waals surface area contributed by atoms with Crippen LogP contribution in [0.2, 0.25) is 0 Å². The van der Waals surface area contributed by atoms with Gasteiger partial charge >= 0.3 is 0 Å². The van der Waals surface area contributed by atoms with Crippen molar-refractivity contribution < 1.29 is 14.3 Å². The molecule has 0 spiro atoms. The van der Waals surface area contributed by atoms with Crippen molar-refractivity contribution in [1.82, 2.24) is 4.90 Å². The minimum atomic E-state index is -0.350. The minimum absolute atomic E-state index is 0. The lowest BCUT2D eigenvalue weighted by Gasteiger charge is -2.17. The molecule has 1 aliphatic rings. The summed E-state index contributed by atoms with van der Waals surface area (Å²) in [6.07, 6.45) is 0.722. The third-order valence-electron chi connectivity index (χ3n) is 3.12. The van der Waals surface area contributed by atoms with E-state index in [4.69, 9.17) is 15.2 Å². The van der Waals surface area contributed by atoms with E-state index in [1.807, 2.05) is 12.1 Å². The fraction of sp³-hybridized carbons (Fsp3) is 0.462. The fourth-order valence-electron chi connectivity index (χ4n) is 2.10. The predicted molar refractivity (Wildman–Crippen MR) is 74.8 cm³/mol. The second-order valence-electron chi connectivity index (χ2n) is 4.38. The first-order valence-corrected chi connectivity index (χ1v) is 5.90. The maximum absolute atomic E-state index is 11.8. The number of nitrogens with two attached hydrogens (primary N) is 1. The highest BCUT2D eigenvalue weighted by atomic mass is 35.5. The number of ether oxygens (including phenoxy) is 2. The molecule has 1 heterocycles. The summed E-state index contributed by atoms with van der Waals surface area (Å²) in [6.45, 7) is 1.25. The number of rotatable bonds is 4. The molecule has 1 aromatic rings. The van der Waals surface area contributed by atoms with Gasteiger partial charge in [0.15, 0.2) is 0 Å². The van der Waals surface area contributed by atoms with E-state index in [-0.39, 0.29) is 24.4 Å². The Morgan fingerprint density at radius 2 is 1.84 bits per heavy atom. The highest BCUT2D eigenvalue weighted by Crippen LogP contribution is 2.24. The molecule has 1 amide bonds. The summed E-state index contributed by atoms with van der Waals surface area (Å²) >= 11 is 0. The van der Waals surface area contributed by atoms with E-state index in [1.54, 1.807) is 25.2 Å². The molecule has 0 unspecified atom stereocenters. The fourth-order valence-corrected chi connectivity index (χ4v) is 2.10. The molecule has 1 atom stereocenters. The van der Waals surface area contributed by atoms with Gasteiger partial charge in [0.1, 0.15) is 11.5 Å². The van der Waals surface area contributed by atoms with Crippen LogP contribution in [0.25, 0.3) is 0 Å². The van der Waals surface area contributed by atoms with Gasteiger partial charge in [0.05, 0.1) is 20.3 Å². The minimum Gasteiger partial charge on any atom is -0.497 e. The van der Waals surface area contributed by atoms with Gasteiger partial charge in [0.2, 0.25) is 5.91 Å². The zero-order valence-electron chi connectivity index (χ0n) is 11.1. The Kier molecular flexibility index (Phi) is 5.44. The van der Waals surface area contributed by atoms with E-state index < -0.39 is 0 Å². The Bertz CT molecular complexity index is 431. The predicted octanol–water partition coefficient (Wildman–Crippen LogP) is 1.19. The molecular formula is C13H19ClN2O3. The van der Waals surface area contributed by atoms with Crippen LogP contribution < -0.4 is 15.2 Å². The Labute approximate surface area is 119 Å². The molecule has 2 N–H and O–H groups in total. The second kappa shape index (κ2) is 6.63. The maximum Gasteiger partial charge on any atom is 0.239 e. The number of likely N-dealkylation sites (tertiary alicyclic amines) is 1. The van der Waals surface area contributed by atoms with Crippen molar-refractivity contribution in [3.8, 4) is 11.5 Å². The van der Waals surface area contributed by atoms with Gasteiger partial charge in [-0.05, 0) is 24.1 Å². The van der Waals surface area contributed by atoms with Crippen LogP contribution in [0.4, 0.5) is 0 Å². The summed E-state index contributed by atoms with van der Waals surface area (Å²) in [7, 11) is 3.21. The van der Waals surface area contributed by atoms with Gasteiger partial charge in [-0.25, -0.2) is 0 Å². The zero-order chi connectivity index (χ0) is 13.1. The van der Waals surface area contributed by atoms with Gasteiger partial charge < -0.3 is 20.1 Å². The van der Waals surface area contributed by atoms with Crippen molar-refractivity contribution in [2.75, 3.05) is 20.8 Å². The molecule has 5 nitrogen and oxygen atoms in total. The van der Waals surface area contributed by atoms with Crippen LogP contribution >= 0.6 is 12.4 Å². The first-order valence-electron chi connectivity index (χ1n) is 5.90. The van der Waals surface area contributed by atoms with Crippen molar-refractivity contribution >= 4 is 18.3 Å². The molecule has 0 aromatic heterocycles. The molecule has 0 saturated carbocycles. The maximum atomic E-state index is 11.8. The number of halogens is 1. The van der Waals surface area contributed by atoms with Gasteiger partial charge in [-0.2, -0.15) is 0 Å². The van der Waals surface area contributed by atoms with Crippen molar-refractivity contribution in [3.63, 3.8) is 0 Å². The van der Waals surface area contributed by atoms with Gasteiger partial charge in [0.25, 0.3) is 0 Å². The molecule has 0 radical (unpaired) electrons. The number of methoxy groups -OCH3 is 2. The number of nitrogens with zero attached hydrogens (tertiary/aromatic N) is 1. The van der Waals surface area contributed by atoms with E-state index >= 15 is 0 Å². The monoisotopic (exact) mass is 286 g/mol. The molecule has 6 heteroatoms. The molecule has 1 aromatic carbocycles. The molecule has 19 heavy (non-hydrogen) atoms. The molecule has 106 valence electrons. The van der Waals surface area contributed by atoms with E-state index in [1.165, 1.54) is 0 Å². The normalized spacial score (nSPS) is 18.2. The Hall–Kier alpha value is -1.46. The Morgan fingerprint density at radius 1 is 1.26 bits per heavy atom. The van der Waals surface area contributed by atoms with Crippen LogP contribution in [0.5, 0.6) is 11.5 Å². The highest BCUT2D eigenvalue weighted by Gasteiger charge is 2.28. The van der Waals surface area contributed by atoms with E-state index in [0.717, 1.165) is 23.5 Å². The SMILES string of the molecule is COc1cc(CN2CC[C@H](N)C2=O)cc(OC)c1.Cl. The van der Waals surface area contributed by atoms with E-state index in [0.29, 0.717) is 13.1 Å². The molecule has 1 aliphatic heterocycles. The standard InChI is InChI=1S/C13H18N2O3.ClH/c1-17-10-5-9(6-11(7-10)18-2)8-15-4-3-12(14)13(15)16;/h5-7,12H,3-4,8,14H2,1-2H3;1H/t12-;/m0./s1. The second-order valence-corrected chi connectivity index (χ2v) is 4.38. The third kappa shape index (κ3) is 3.52. The number of hydrogen-bond donors (Lipinski definition) is 1. The summed E-state index contributed by atoms with van der Waals surface area (Å²) in [6, 6.07) is 5.26. The summed E-state index contributed by atoms with van der Waals surface area (Å²) in [4.78, 5) is 13.5. The molecule has 1 fully saturated rings. The topological polar surface area (TPSA) is 64.8 Å². The van der Waals surface area contributed by atoms with Gasteiger partial charge in [-0.1, -0.05) is 0 Å². The van der Waals surface area contributed by atoms with Crippen LogP contribution in [0.1, 0.15) is 12.0 Å². The van der Waals surface area contributed by atoms with Crippen LogP contribution in [-0.4, -0.2) is 37.6 Å². The van der Waals surface area contributed by atoms with Crippen LogP contribution in [0.3, 0.4) is 0 Å². The van der Waals surface area contributed by atoms with Crippen molar-refractivity contribution in [3.05, 3.63) is 23.8 Å². The lowest BCUT2D eigenvalue weighted by atomic mass is 10.2. The first-order chi connectivity index (χ1) is 8.63. The number of carbonyl (C=O) groups excluding carboxylic acids is 1. The van der Waals surface area contributed by atoms with Gasteiger partial charge in [-0.3, -0.25) is 4.79 Å². The van der Waals surface area contributed by atoms with E-state index in [9.17, 15) is 4.79 Å². The van der Waals surface area contributed by atoms with Crippen LogP contribution in [0.15, 0.2) is 18.2 Å². The summed E-state index contributed by atoms with van der Waals surface area (Å²) in [5.74, 6) is 1.46. The van der Waals surface area contributed by atoms with Crippen molar-refractivity contribution in [1.29, 1.82) is 0 Å². The lowest BCUT2D eigenvalue weighted by Crippen LogP contribution is -2.33. The van der Waals surface area contributed by atoms with Gasteiger partial charge in [-0.15, -0.1) is 12.4 Å². The average Bonchev–Trinajstić information content (AvgIpc) is 2.70. The van der Waals surface area contributed by atoms with Crippen molar-refractivity contribution in [2.45, 2.75) is 19.0 Å². The number of hydrogen-bond acceptors (Lipinski definition) is 4. The van der Waals surface area contributed by atoms with Crippen LogP contribution in [-0.2, 0) is 11.3 Å². The highest BCUT2D eigenvalue weighted by molar-refractivity contribution is 5.85. The van der Waals surface area contributed by atoms with Crippen LogP contribution in [0, 0.1) is 0 Å². The smallest absolute Gasteiger partial charge is 0.239 e. The molecule has 0 bridgehead atoms. The largest absolute Gasteiger partial charge is 0.497 e. The number of carbonyl (C=O) groups is 1. The third-order valence-corrected chi connectivity index (χ3v) is 3.12. The van der Waals surface area contributed by atoms with Gasteiger partial charge in [0, 0.05) is 19.2 Å². The number of amides is 1. The summed E-state index contributed by atoms with van der Waals surface area (Å²) in [5, 5.41) is 0. The first kappa shape index (κ1) is 15.6. The Morgan fingerprint density at radius 3 is 2.26 bits per heavy atom. The summed E-state index contributed by atoms with van der Waals surface area (Å²) < 4.78 is 10.4. The lowest BCUT2D eigenvalue weighted by molar-refractivity contribution is -0.129. The molecule has 0 aliphatic carbocycles.